The third-order valence-electron chi connectivity index (χ3n) is 3.27. The SMILES string of the molecule is N[C@@H]1C[C@H]2CC[C@@H]1C[C@H]2N. The molecule has 2 heteroatoms. The smallest absolute Gasteiger partial charge is 0.00709 e. The minimum absolute atomic E-state index is 0.471. The molecule has 3 aliphatic carbocycles. The van der Waals surface area contributed by atoms with E-state index in [0.717, 1.165) is 11.8 Å². The Labute approximate surface area is 62.0 Å². The molecule has 3 saturated carbocycles. The molecule has 3 rings (SSSR count). The molecule has 0 aromatic heterocycles. The van der Waals surface area contributed by atoms with Crippen molar-refractivity contribution in [3.05, 3.63) is 0 Å². The third kappa shape index (κ3) is 0.867. The quantitative estimate of drug-likeness (QED) is 0.513. The molecule has 0 aromatic carbocycles. The standard InChI is InChI=1S/C8H16N2/c9-7-4-6-2-1-5(7)3-8(6)10/h5-8H,1-4,9-10H2/t5-,6-,7-,8-/m1/s1. The van der Waals surface area contributed by atoms with Crippen LogP contribution in [0.15, 0.2) is 0 Å². The lowest BCUT2D eigenvalue weighted by molar-refractivity contribution is 0.122. The van der Waals surface area contributed by atoms with Gasteiger partial charge in [0.1, 0.15) is 0 Å². The van der Waals surface area contributed by atoms with Gasteiger partial charge in [-0.15, -0.1) is 0 Å². The highest BCUT2D eigenvalue weighted by atomic mass is 14.8. The van der Waals surface area contributed by atoms with E-state index in [1.54, 1.807) is 0 Å². The van der Waals surface area contributed by atoms with E-state index in [2.05, 4.69) is 0 Å². The first kappa shape index (κ1) is 6.62. The van der Waals surface area contributed by atoms with E-state index in [-0.39, 0.29) is 0 Å². The monoisotopic (exact) mass is 140 g/mol. The molecule has 4 atom stereocenters. The van der Waals surface area contributed by atoms with Crippen LogP contribution in [0.2, 0.25) is 0 Å². The van der Waals surface area contributed by atoms with E-state index >= 15 is 0 Å². The van der Waals surface area contributed by atoms with E-state index < -0.39 is 0 Å². The molecule has 58 valence electrons. The fraction of sp³-hybridized carbons (Fsp3) is 1.00. The molecule has 0 radical (unpaired) electrons. The maximum Gasteiger partial charge on any atom is 0.00709 e. The van der Waals surface area contributed by atoms with Crippen molar-refractivity contribution in [3.8, 4) is 0 Å². The Bertz CT molecular complexity index is 119. The van der Waals surface area contributed by atoms with Gasteiger partial charge in [-0.05, 0) is 37.5 Å². The fourth-order valence-corrected chi connectivity index (χ4v) is 2.53. The van der Waals surface area contributed by atoms with Crippen LogP contribution in [0.25, 0.3) is 0 Å². The Morgan fingerprint density at radius 3 is 1.40 bits per heavy atom. The number of rotatable bonds is 0. The third-order valence-corrected chi connectivity index (χ3v) is 3.27. The zero-order chi connectivity index (χ0) is 7.14. The molecule has 0 spiro atoms. The second-order valence-electron chi connectivity index (χ2n) is 3.90. The highest BCUT2D eigenvalue weighted by Gasteiger charge is 2.38. The van der Waals surface area contributed by atoms with Gasteiger partial charge in [-0.3, -0.25) is 0 Å². The molecule has 2 nitrogen and oxygen atoms in total. The van der Waals surface area contributed by atoms with Gasteiger partial charge in [-0.2, -0.15) is 0 Å². The first-order valence-corrected chi connectivity index (χ1v) is 4.28. The maximum absolute atomic E-state index is 5.93. The Balaban J connectivity index is 2.09. The van der Waals surface area contributed by atoms with Gasteiger partial charge < -0.3 is 11.5 Å². The topological polar surface area (TPSA) is 52.0 Å². The van der Waals surface area contributed by atoms with Gasteiger partial charge in [0, 0.05) is 12.1 Å². The summed E-state index contributed by atoms with van der Waals surface area (Å²) >= 11 is 0. The summed E-state index contributed by atoms with van der Waals surface area (Å²) in [5.41, 5.74) is 11.9. The summed E-state index contributed by atoms with van der Waals surface area (Å²) in [6.45, 7) is 0. The Kier molecular flexibility index (Phi) is 1.46. The highest BCUT2D eigenvalue weighted by molar-refractivity contribution is 4.94. The van der Waals surface area contributed by atoms with Crippen molar-refractivity contribution in [1.82, 2.24) is 0 Å². The average molecular weight is 140 g/mol. The average Bonchev–Trinajstić information content (AvgIpc) is 1.91. The van der Waals surface area contributed by atoms with Gasteiger partial charge in [-0.25, -0.2) is 0 Å². The summed E-state index contributed by atoms with van der Waals surface area (Å²) in [7, 11) is 0. The molecule has 10 heavy (non-hydrogen) atoms. The van der Waals surface area contributed by atoms with Crippen LogP contribution < -0.4 is 11.5 Å². The van der Waals surface area contributed by atoms with Crippen LogP contribution in [-0.4, -0.2) is 12.1 Å². The van der Waals surface area contributed by atoms with Crippen LogP contribution in [0, 0.1) is 11.8 Å². The summed E-state index contributed by atoms with van der Waals surface area (Å²) < 4.78 is 0. The van der Waals surface area contributed by atoms with Gasteiger partial charge in [0.15, 0.2) is 0 Å². The molecule has 0 aromatic rings. The van der Waals surface area contributed by atoms with E-state index in [0.29, 0.717) is 12.1 Å². The molecule has 4 N–H and O–H groups in total. The molecule has 3 aliphatic rings. The molecule has 0 heterocycles. The van der Waals surface area contributed by atoms with Gasteiger partial charge in [-0.1, -0.05) is 0 Å². The predicted octanol–water partition coefficient (Wildman–Crippen LogP) is 0.461. The molecule has 0 saturated heterocycles. The lowest BCUT2D eigenvalue weighted by Gasteiger charge is -2.44. The summed E-state index contributed by atoms with van der Waals surface area (Å²) in [6, 6.07) is 0.942. The van der Waals surface area contributed by atoms with Crippen molar-refractivity contribution >= 4 is 0 Å². The highest BCUT2D eigenvalue weighted by Crippen LogP contribution is 2.39. The van der Waals surface area contributed by atoms with Crippen molar-refractivity contribution < 1.29 is 0 Å². The summed E-state index contributed by atoms with van der Waals surface area (Å²) in [5, 5.41) is 0. The van der Waals surface area contributed by atoms with Crippen LogP contribution in [0.3, 0.4) is 0 Å². The predicted molar refractivity (Wildman–Crippen MR) is 41.4 cm³/mol. The Morgan fingerprint density at radius 1 is 0.800 bits per heavy atom. The number of hydrogen-bond donors (Lipinski definition) is 2. The van der Waals surface area contributed by atoms with Crippen LogP contribution >= 0.6 is 0 Å². The second-order valence-corrected chi connectivity index (χ2v) is 3.90. The number of fused-ring (bicyclic) bond motifs is 3. The van der Waals surface area contributed by atoms with Gasteiger partial charge in [0.2, 0.25) is 0 Å². The maximum atomic E-state index is 5.93. The van der Waals surface area contributed by atoms with E-state index in [1.165, 1.54) is 25.7 Å². The largest absolute Gasteiger partial charge is 0.327 e. The molecular weight excluding hydrogens is 124 g/mol. The molecular formula is C8H16N2. The minimum atomic E-state index is 0.471. The van der Waals surface area contributed by atoms with Crippen molar-refractivity contribution in [1.29, 1.82) is 0 Å². The first-order valence-electron chi connectivity index (χ1n) is 4.28. The zero-order valence-electron chi connectivity index (χ0n) is 6.29. The van der Waals surface area contributed by atoms with Gasteiger partial charge in [0.05, 0.1) is 0 Å². The molecule has 2 bridgehead atoms. The van der Waals surface area contributed by atoms with Crippen LogP contribution in [0.1, 0.15) is 25.7 Å². The van der Waals surface area contributed by atoms with Crippen molar-refractivity contribution in [2.75, 3.05) is 0 Å². The Morgan fingerprint density at radius 2 is 1.20 bits per heavy atom. The first-order chi connectivity index (χ1) is 4.77. The zero-order valence-corrected chi connectivity index (χ0v) is 6.29. The van der Waals surface area contributed by atoms with Crippen molar-refractivity contribution in [2.45, 2.75) is 37.8 Å². The minimum Gasteiger partial charge on any atom is -0.327 e. The fourth-order valence-electron chi connectivity index (χ4n) is 2.53. The molecule has 3 fully saturated rings. The lowest BCUT2D eigenvalue weighted by atomic mass is 9.66. The number of nitrogens with two attached hydrogens (primary N) is 2. The van der Waals surface area contributed by atoms with Crippen LogP contribution in [-0.2, 0) is 0 Å². The Hall–Kier alpha value is -0.0800. The van der Waals surface area contributed by atoms with Gasteiger partial charge >= 0.3 is 0 Å². The molecule has 0 amide bonds. The van der Waals surface area contributed by atoms with E-state index in [1.807, 2.05) is 0 Å². The van der Waals surface area contributed by atoms with Crippen LogP contribution in [0.5, 0.6) is 0 Å². The van der Waals surface area contributed by atoms with Crippen molar-refractivity contribution in [3.63, 3.8) is 0 Å². The normalized spacial score (nSPS) is 53.4. The summed E-state index contributed by atoms with van der Waals surface area (Å²) in [4.78, 5) is 0. The van der Waals surface area contributed by atoms with Crippen LogP contribution in [0.4, 0.5) is 0 Å². The van der Waals surface area contributed by atoms with E-state index in [4.69, 9.17) is 11.5 Å². The lowest BCUT2D eigenvalue weighted by Crippen LogP contribution is -2.50. The molecule has 0 aliphatic heterocycles. The second kappa shape index (κ2) is 2.21. The summed E-state index contributed by atoms with van der Waals surface area (Å²) in [5.74, 6) is 1.50. The summed E-state index contributed by atoms with van der Waals surface area (Å²) in [6.07, 6.45) is 5.04. The molecule has 0 unspecified atom stereocenters. The van der Waals surface area contributed by atoms with Crippen molar-refractivity contribution in [2.24, 2.45) is 23.3 Å². The van der Waals surface area contributed by atoms with Gasteiger partial charge in [0.25, 0.3) is 0 Å². The van der Waals surface area contributed by atoms with E-state index in [9.17, 15) is 0 Å². The number of hydrogen-bond acceptors (Lipinski definition) is 2.